The van der Waals surface area contributed by atoms with Gasteiger partial charge in [-0.05, 0) is 62.2 Å². The zero-order valence-electron chi connectivity index (χ0n) is 21.2. The van der Waals surface area contributed by atoms with Crippen LogP contribution in [0.4, 0.5) is 5.69 Å². The lowest BCUT2D eigenvalue weighted by molar-refractivity contribution is -0.139. The number of nitrogens with one attached hydrogen (secondary N) is 1. The van der Waals surface area contributed by atoms with Crippen LogP contribution < -0.4 is 9.62 Å². The summed E-state index contributed by atoms with van der Waals surface area (Å²) < 4.78 is 28.4. The van der Waals surface area contributed by atoms with Crippen molar-refractivity contribution in [2.75, 3.05) is 10.8 Å². The molecule has 0 saturated heterocycles. The van der Waals surface area contributed by atoms with Gasteiger partial charge >= 0.3 is 0 Å². The van der Waals surface area contributed by atoms with E-state index in [0.29, 0.717) is 5.02 Å². The second kappa shape index (κ2) is 12.7. The number of hydrogen-bond donors (Lipinski definition) is 1. The molecule has 0 unspecified atom stereocenters. The lowest BCUT2D eigenvalue weighted by Gasteiger charge is -2.32. The Labute approximate surface area is 224 Å². The van der Waals surface area contributed by atoms with Crippen LogP contribution >= 0.6 is 11.6 Å². The van der Waals surface area contributed by atoms with E-state index in [2.05, 4.69) is 5.32 Å². The van der Waals surface area contributed by atoms with Crippen molar-refractivity contribution in [3.8, 4) is 0 Å². The zero-order valence-corrected chi connectivity index (χ0v) is 22.7. The Balaban J connectivity index is 1.99. The summed E-state index contributed by atoms with van der Waals surface area (Å²) in [4.78, 5) is 28.3. The number of carbonyl (C=O) groups excluding carboxylic acids is 2. The fourth-order valence-corrected chi connectivity index (χ4v) is 5.25. The van der Waals surface area contributed by atoms with E-state index in [0.717, 1.165) is 16.3 Å². The number of benzene rings is 3. The van der Waals surface area contributed by atoms with Crippen LogP contribution in [0, 0.1) is 0 Å². The van der Waals surface area contributed by atoms with E-state index in [1.165, 1.54) is 17.0 Å². The van der Waals surface area contributed by atoms with Crippen LogP contribution in [0.3, 0.4) is 0 Å². The van der Waals surface area contributed by atoms with Crippen molar-refractivity contribution in [1.82, 2.24) is 10.2 Å². The highest BCUT2D eigenvalue weighted by molar-refractivity contribution is 7.92. The third-order valence-corrected chi connectivity index (χ3v) is 8.13. The molecule has 0 aliphatic heterocycles. The van der Waals surface area contributed by atoms with Gasteiger partial charge in [0, 0.05) is 17.6 Å². The smallest absolute Gasteiger partial charge is 0.264 e. The highest BCUT2D eigenvalue weighted by Crippen LogP contribution is 2.26. The van der Waals surface area contributed by atoms with Crippen LogP contribution in [0.25, 0.3) is 0 Å². The minimum atomic E-state index is -4.10. The average Bonchev–Trinajstić information content (AvgIpc) is 2.91. The number of halogens is 1. The molecule has 2 amide bonds. The quantitative estimate of drug-likeness (QED) is 0.375. The van der Waals surface area contributed by atoms with Gasteiger partial charge in [-0.15, -0.1) is 0 Å². The molecule has 7 nitrogen and oxygen atoms in total. The Hall–Kier alpha value is -3.36. The van der Waals surface area contributed by atoms with Gasteiger partial charge in [-0.2, -0.15) is 0 Å². The number of nitrogens with zero attached hydrogens (tertiary/aromatic N) is 2. The third kappa shape index (κ3) is 7.33. The van der Waals surface area contributed by atoms with Gasteiger partial charge in [0.25, 0.3) is 10.0 Å². The second-order valence-electron chi connectivity index (χ2n) is 8.80. The Kier molecular flexibility index (Phi) is 9.72. The molecule has 37 heavy (non-hydrogen) atoms. The lowest BCUT2D eigenvalue weighted by Crippen LogP contribution is -2.52. The number of anilines is 1. The fraction of sp³-hybridized carbons (Fsp3) is 0.286. The van der Waals surface area contributed by atoms with E-state index in [9.17, 15) is 18.0 Å². The maximum Gasteiger partial charge on any atom is 0.264 e. The molecule has 0 aliphatic carbocycles. The summed E-state index contributed by atoms with van der Waals surface area (Å²) in [7, 11) is -4.10. The van der Waals surface area contributed by atoms with E-state index >= 15 is 0 Å². The molecular weight excluding hydrogens is 510 g/mol. The van der Waals surface area contributed by atoms with Crippen molar-refractivity contribution < 1.29 is 18.0 Å². The molecule has 2 atom stereocenters. The van der Waals surface area contributed by atoms with Crippen LogP contribution in [0.1, 0.15) is 32.8 Å². The van der Waals surface area contributed by atoms with Crippen molar-refractivity contribution in [3.05, 3.63) is 95.5 Å². The first-order valence-corrected chi connectivity index (χ1v) is 13.9. The summed E-state index contributed by atoms with van der Waals surface area (Å²) in [6, 6.07) is 22.6. The first-order valence-electron chi connectivity index (χ1n) is 12.1. The van der Waals surface area contributed by atoms with Gasteiger partial charge in [-0.25, -0.2) is 8.42 Å². The van der Waals surface area contributed by atoms with Crippen molar-refractivity contribution in [3.63, 3.8) is 0 Å². The standard InChI is InChI=1S/C28H32ClN3O4S/c1-4-21(2)30-28(34)22(3)31(19-23-11-7-5-8-12-23)27(33)20-32(25-17-15-24(29)16-18-25)37(35,36)26-13-9-6-10-14-26/h5-18,21-22H,4,19-20H2,1-3H3,(H,30,34)/t21-,22-/m0/s1. The minimum Gasteiger partial charge on any atom is -0.352 e. The number of carbonyl (C=O) groups is 2. The zero-order chi connectivity index (χ0) is 27.0. The predicted molar refractivity (Wildman–Crippen MR) is 147 cm³/mol. The molecule has 3 rings (SSSR count). The summed E-state index contributed by atoms with van der Waals surface area (Å²) in [5.41, 5.74) is 1.11. The molecule has 0 heterocycles. The molecule has 0 aliphatic rings. The first kappa shape index (κ1) is 28.2. The van der Waals surface area contributed by atoms with Gasteiger partial charge in [0.1, 0.15) is 12.6 Å². The van der Waals surface area contributed by atoms with Gasteiger partial charge in [0.2, 0.25) is 11.8 Å². The maximum absolute atomic E-state index is 13.8. The van der Waals surface area contributed by atoms with Crippen LogP contribution in [0.15, 0.2) is 89.8 Å². The number of amides is 2. The second-order valence-corrected chi connectivity index (χ2v) is 11.1. The molecule has 0 spiro atoms. The van der Waals surface area contributed by atoms with E-state index in [-0.39, 0.29) is 29.1 Å². The normalized spacial score (nSPS) is 12.9. The van der Waals surface area contributed by atoms with Crippen molar-refractivity contribution in [1.29, 1.82) is 0 Å². The summed E-state index contributed by atoms with van der Waals surface area (Å²) in [6.45, 7) is 5.15. The highest BCUT2D eigenvalue weighted by Gasteiger charge is 2.32. The van der Waals surface area contributed by atoms with Crippen LogP contribution in [0.2, 0.25) is 5.02 Å². The molecule has 0 saturated carbocycles. The summed E-state index contributed by atoms with van der Waals surface area (Å²) in [5.74, 6) is -0.812. The Bertz CT molecular complexity index is 1290. The molecule has 196 valence electrons. The predicted octanol–water partition coefficient (Wildman–Crippen LogP) is 4.87. The van der Waals surface area contributed by atoms with Gasteiger partial charge in [0.05, 0.1) is 10.6 Å². The van der Waals surface area contributed by atoms with Gasteiger partial charge in [-0.1, -0.05) is 67.1 Å². The highest BCUT2D eigenvalue weighted by atomic mass is 35.5. The first-order chi connectivity index (χ1) is 17.6. The molecule has 0 fully saturated rings. The van der Waals surface area contributed by atoms with Gasteiger partial charge in [-0.3, -0.25) is 13.9 Å². The van der Waals surface area contributed by atoms with Crippen molar-refractivity contribution >= 4 is 39.1 Å². The van der Waals surface area contributed by atoms with E-state index in [1.807, 2.05) is 44.2 Å². The third-order valence-electron chi connectivity index (χ3n) is 6.09. The number of hydrogen-bond acceptors (Lipinski definition) is 4. The molecule has 3 aromatic rings. The Morgan fingerprint density at radius 2 is 1.46 bits per heavy atom. The Morgan fingerprint density at radius 3 is 2.03 bits per heavy atom. The van der Waals surface area contributed by atoms with Crippen LogP contribution in [-0.2, 0) is 26.2 Å². The Morgan fingerprint density at radius 1 is 0.892 bits per heavy atom. The van der Waals surface area contributed by atoms with Crippen molar-refractivity contribution in [2.24, 2.45) is 0 Å². The molecule has 0 aromatic heterocycles. The summed E-state index contributed by atoms with van der Waals surface area (Å²) in [6.07, 6.45) is 0.741. The van der Waals surface area contributed by atoms with E-state index < -0.39 is 28.5 Å². The van der Waals surface area contributed by atoms with Gasteiger partial charge < -0.3 is 10.2 Å². The molecule has 3 aromatic carbocycles. The molecule has 0 radical (unpaired) electrons. The average molecular weight is 542 g/mol. The van der Waals surface area contributed by atoms with E-state index in [4.69, 9.17) is 11.6 Å². The minimum absolute atomic E-state index is 0.0509. The molecule has 0 bridgehead atoms. The fourth-order valence-electron chi connectivity index (χ4n) is 3.68. The number of sulfonamides is 1. The van der Waals surface area contributed by atoms with E-state index in [1.54, 1.807) is 49.4 Å². The van der Waals surface area contributed by atoms with Crippen molar-refractivity contribution in [2.45, 2.75) is 50.7 Å². The topological polar surface area (TPSA) is 86.8 Å². The molecule has 9 heteroatoms. The largest absolute Gasteiger partial charge is 0.352 e. The monoisotopic (exact) mass is 541 g/mol. The summed E-state index contributed by atoms with van der Waals surface area (Å²) in [5, 5.41) is 3.36. The molecule has 1 N–H and O–H groups in total. The van der Waals surface area contributed by atoms with Crippen LogP contribution in [-0.4, -0.2) is 43.8 Å². The summed E-state index contributed by atoms with van der Waals surface area (Å²) >= 11 is 6.04. The maximum atomic E-state index is 13.8. The number of rotatable bonds is 11. The SMILES string of the molecule is CC[C@H](C)NC(=O)[C@H](C)N(Cc1ccccc1)C(=O)CN(c1ccc(Cl)cc1)S(=O)(=O)c1ccccc1. The molecular formula is C28H32ClN3O4S. The van der Waals surface area contributed by atoms with Crippen LogP contribution in [0.5, 0.6) is 0 Å². The lowest BCUT2D eigenvalue weighted by atomic mass is 10.1. The van der Waals surface area contributed by atoms with Gasteiger partial charge in [0.15, 0.2) is 0 Å².